The fourth-order valence-corrected chi connectivity index (χ4v) is 2.44. The Hall–Kier alpha value is -1.55. The minimum absolute atomic E-state index is 0.00150. The Morgan fingerprint density at radius 1 is 1.18 bits per heavy atom. The van der Waals surface area contributed by atoms with Gasteiger partial charge in [0.2, 0.25) is 5.91 Å². The first-order valence-corrected chi connectivity index (χ1v) is 8.08. The maximum atomic E-state index is 11.5. The van der Waals surface area contributed by atoms with Crippen LogP contribution in [0.25, 0.3) is 0 Å². The maximum Gasteiger partial charge on any atom is 0.306 e. The van der Waals surface area contributed by atoms with Gasteiger partial charge in [-0.3, -0.25) is 9.59 Å². The second-order valence-corrected chi connectivity index (χ2v) is 5.59. The van der Waals surface area contributed by atoms with E-state index in [4.69, 9.17) is 16.3 Å². The van der Waals surface area contributed by atoms with Crippen LogP contribution in [0.15, 0.2) is 18.2 Å². The summed E-state index contributed by atoms with van der Waals surface area (Å²) in [5.74, 6) is -0.180. The highest BCUT2D eigenvalue weighted by Gasteiger charge is 2.08. The zero-order valence-electron chi connectivity index (χ0n) is 13.3. The molecule has 1 amide bonds. The SMILES string of the molecule is CCOC(=O)CCc1cc(Cl)ccc1CCCCNC(C)=O. The number of amides is 1. The predicted molar refractivity (Wildman–Crippen MR) is 88.0 cm³/mol. The average Bonchev–Trinajstić information content (AvgIpc) is 2.46. The molecule has 0 atom stereocenters. The normalized spacial score (nSPS) is 10.3. The second kappa shape index (κ2) is 10.2. The Labute approximate surface area is 137 Å². The van der Waals surface area contributed by atoms with Gasteiger partial charge in [-0.1, -0.05) is 17.7 Å². The maximum absolute atomic E-state index is 11.5. The first-order chi connectivity index (χ1) is 10.5. The topological polar surface area (TPSA) is 55.4 Å². The molecule has 0 saturated heterocycles. The molecule has 0 aliphatic heterocycles. The van der Waals surface area contributed by atoms with Gasteiger partial charge in [-0.25, -0.2) is 0 Å². The molecule has 0 radical (unpaired) electrons. The van der Waals surface area contributed by atoms with Gasteiger partial charge in [-0.05, 0) is 55.9 Å². The first kappa shape index (κ1) is 18.5. The number of benzene rings is 1. The summed E-state index contributed by atoms with van der Waals surface area (Å²) in [4.78, 5) is 22.3. The molecule has 1 aromatic rings. The van der Waals surface area contributed by atoms with Gasteiger partial charge in [0, 0.05) is 24.9 Å². The van der Waals surface area contributed by atoms with Crippen LogP contribution in [0.3, 0.4) is 0 Å². The van der Waals surface area contributed by atoms with E-state index in [0.29, 0.717) is 31.0 Å². The van der Waals surface area contributed by atoms with Crippen LogP contribution < -0.4 is 5.32 Å². The van der Waals surface area contributed by atoms with Crippen LogP contribution in [0, 0.1) is 0 Å². The molecule has 4 nitrogen and oxygen atoms in total. The quantitative estimate of drug-likeness (QED) is 0.560. The summed E-state index contributed by atoms with van der Waals surface area (Å²) in [5.41, 5.74) is 2.30. The molecule has 22 heavy (non-hydrogen) atoms. The van der Waals surface area contributed by atoms with Crippen LogP contribution in [-0.2, 0) is 27.2 Å². The van der Waals surface area contributed by atoms with Gasteiger partial charge < -0.3 is 10.1 Å². The number of aryl methyl sites for hydroxylation is 2. The third-order valence-electron chi connectivity index (χ3n) is 3.32. The van der Waals surface area contributed by atoms with Crippen LogP contribution in [0.5, 0.6) is 0 Å². The van der Waals surface area contributed by atoms with Gasteiger partial charge in [-0.2, -0.15) is 0 Å². The van der Waals surface area contributed by atoms with E-state index in [1.54, 1.807) is 6.92 Å². The zero-order chi connectivity index (χ0) is 16.4. The van der Waals surface area contributed by atoms with Crippen LogP contribution >= 0.6 is 11.6 Å². The summed E-state index contributed by atoms with van der Waals surface area (Å²) < 4.78 is 4.96. The van der Waals surface area contributed by atoms with E-state index in [-0.39, 0.29) is 11.9 Å². The predicted octanol–water partition coefficient (Wildman–Crippen LogP) is 3.29. The molecule has 1 rings (SSSR count). The summed E-state index contributed by atoms with van der Waals surface area (Å²) in [6.07, 6.45) is 3.83. The molecular weight excluding hydrogens is 302 g/mol. The van der Waals surface area contributed by atoms with Crippen molar-refractivity contribution in [1.82, 2.24) is 5.32 Å². The van der Waals surface area contributed by atoms with Gasteiger partial charge in [-0.15, -0.1) is 0 Å². The van der Waals surface area contributed by atoms with Crippen LogP contribution in [0.2, 0.25) is 5.02 Å². The number of rotatable bonds is 9. The highest BCUT2D eigenvalue weighted by atomic mass is 35.5. The molecule has 1 N–H and O–H groups in total. The van der Waals surface area contributed by atoms with Crippen molar-refractivity contribution < 1.29 is 14.3 Å². The standard InChI is InChI=1S/C17H24ClNO3/c1-3-22-17(21)10-8-15-12-16(18)9-7-14(15)6-4-5-11-19-13(2)20/h7,9,12H,3-6,8,10-11H2,1-2H3,(H,19,20). The smallest absolute Gasteiger partial charge is 0.306 e. The number of ether oxygens (including phenoxy) is 1. The lowest BCUT2D eigenvalue weighted by Gasteiger charge is -2.10. The van der Waals surface area contributed by atoms with E-state index >= 15 is 0 Å². The van der Waals surface area contributed by atoms with Crippen LogP contribution in [-0.4, -0.2) is 25.0 Å². The lowest BCUT2D eigenvalue weighted by atomic mass is 9.98. The summed E-state index contributed by atoms with van der Waals surface area (Å²) in [5, 5.41) is 3.47. The monoisotopic (exact) mass is 325 g/mol. The molecular formula is C17H24ClNO3. The third-order valence-corrected chi connectivity index (χ3v) is 3.55. The molecule has 0 fully saturated rings. The van der Waals surface area contributed by atoms with Gasteiger partial charge in [0.15, 0.2) is 0 Å². The van der Waals surface area contributed by atoms with Crippen molar-refractivity contribution in [1.29, 1.82) is 0 Å². The Balaban J connectivity index is 2.51. The number of hydrogen-bond donors (Lipinski definition) is 1. The molecule has 5 heteroatoms. The summed E-state index contributed by atoms with van der Waals surface area (Å²) in [6, 6.07) is 5.81. The van der Waals surface area contributed by atoms with Crippen molar-refractivity contribution in [2.24, 2.45) is 0 Å². The zero-order valence-corrected chi connectivity index (χ0v) is 14.0. The molecule has 0 aliphatic carbocycles. The van der Waals surface area contributed by atoms with Crippen LogP contribution in [0.4, 0.5) is 0 Å². The Morgan fingerprint density at radius 3 is 2.64 bits per heavy atom. The lowest BCUT2D eigenvalue weighted by Crippen LogP contribution is -2.20. The van der Waals surface area contributed by atoms with E-state index in [9.17, 15) is 9.59 Å². The number of carbonyl (C=O) groups excluding carboxylic acids is 2. The molecule has 0 spiro atoms. The number of halogens is 1. The van der Waals surface area contributed by atoms with Gasteiger partial charge >= 0.3 is 5.97 Å². The molecule has 0 unspecified atom stereocenters. The van der Waals surface area contributed by atoms with Crippen molar-refractivity contribution in [3.8, 4) is 0 Å². The van der Waals surface area contributed by atoms with E-state index < -0.39 is 0 Å². The van der Waals surface area contributed by atoms with Crippen molar-refractivity contribution in [3.05, 3.63) is 34.3 Å². The lowest BCUT2D eigenvalue weighted by molar-refractivity contribution is -0.143. The highest BCUT2D eigenvalue weighted by molar-refractivity contribution is 6.30. The molecule has 1 aromatic carbocycles. The van der Waals surface area contributed by atoms with E-state index in [1.165, 1.54) is 12.5 Å². The minimum atomic E-state index is -0.181. The Kier molecular flexibility index (Phi) is 8.60. The summed E-state index contributed by atoms with van der Waals surface area (Å²) in [6.45, 7) is 4.43. The number of esters is 1. The largest absolute Gasteiger partial charge is 0.466 e. The minimum Gasteiger partial charge on any atom is -0.466 e. The molecule has 0 bridgehead atoms. The van der Waals surface area contributed by atoms with Crippen molar-refractivity contribution in [3.63, 3.8) is 0 Å². The number of unbranched alkanes of at least 4 members (excludes halogenated alkanes) is 1. The number of nitrogens with one attached hydrogen (secondary N) is 1. The Bertz CT molecular complexity index is 503. The highest BCUT2D eigenvalue weighted by Crippen LogP contribution is 2.19. The van der Waals surface area contributed by atoms with Gasteiger partial charge in [0.05, 0.1) is 6.61 Å². The molecule has 0 aliphatic rings. The molecule has 0 saturated carbocycles. The van der Waals surface area contributed by atoms with Crippen molar-refractivity contribution in [2.45, 2.75) is 46.0 Å². The summed E-state index contributed by atoms with van der Waals surface area (Å²) in [7, 11) is 0. The van der Waals surface area contributed by atoms with E-state index in [0.717, 1.165) is 24.8 Å². The molecule has 122 valence electrons. The number of hydrogen-bond acceptors (Lipinski definition) is 3. The molecule has 0 aromatic heterocycles. The Morgan fingerprint density at radius 2 is 1.95 bits per heavy atom. The first-order valence-electron chi connectivity index (χ1n) is 7.70. The second-order valence-electron chi connectivity index (χ2n) is 5.16. The fraction of sp³-hybridized carbons (Fsp3) is 0.529. The van der Waals surface area contributed by atoms with Gasteiger partial charge in [0.1, 0.15) is 0 Å². The summed E-state index contributed by atoms with van der Waals surface area (Å²) >= 11 is 6.05. The van der Waals surface area contributed by atoms with Gasteiger partial charge in [0.25, 0.3) is 0 Å². The van der Waals surface area contributed by atoms with Crippen molar-refractivity contribution in [2.75, 3.05) is 13.2 Å². The van der Waals surface area contributed by atoms with E-state index in [2.05, 4.69) is 5.32 Å². The molecule has 0 heterocycles. The third kappa shape index (κ3) is 7.46. The van der Waals surface area contributed by atoms with Crippen molar-refractivity contribution >= 4 is 23.5 Å². The van der Waals surface area contributed by atoms with Crippen LogP contribution in [0.1, 0.15) is 44.2 Å². The fourth-order valence-electron chi connectivity index (χ4n) is 2.25. The average molecular weight is 326 g/mol. The van der Waals surface area contributed by atoms with E-state index in [1.807, 2.05) is 18.2 Å². The number of carbonyl (C=O) groups is 2.